The van der Waals surface area contributed by atoms with E-state index in [1.165, 1.54) is 64.2 Å². The summed E-state index contributed by atoms with van der Waals surface area (Å²) in [5, 5.41) is 0. The maximum absolute atomic E-state index is 8.88. The van der Waals surface area contributed by atoms with Crippen LogP contribution in [0.25, 0.3) is 0 Å². The molecule has 0 spiro atoms. The van der Waals surface area contributed by atoms with E-state index in [0.29, 0.717) is 0 Å². The molecule has 0 unspecified atom stereocenters. The summed E-state index contributed by atoms with van der Waals surface area (Å²) < 4.78 is 15.5. The van der Waals surface area contributed by atoms with Gasteiger partial charge in [0.2, 0.25) is 0 Å². The lowest BCUT2D eigenvalue weighted by atomic mass is 10.1. The Morgan fingerprint density at radius 2 is 1.12 bits per heavy atom. The number of hydrogen-bond donors (Lipinski definition) is 3. The van der Waals surface area contributed by atoms with E-state index in [2.05, 4.69) is 28.1 Å². The molecule has 0 aliphatic rings. The molecule has 0 aliphatic heterocycles. The van der Waals surface area contributed by atoms with Crippen molar-refractivity contribution in [2.45, 2.75) is 71.1 Å². The SMILES string of the molecule is CCCCCCCCCCCCOCC[N+](C)(C)C.O=P(O)(O)O. The number of likely N-dealkylation sites (N-methyl/N-ethyl adjacent to an activating group) is 1. The molecule has 0 rings (SSSR count). The van der Waals surface area contributed by atoms with Gasteiger partial charge < -0.3 is 23.9 Å². The number of quaternary nitrogens is 1. The summed E-state index contributed by atoms with van der Waals surface area (Å²) in [7, 11) is 2.00. The number of phosphoric acid groups is 1. The molecule has 148 valence electrons. The summed E-state index contributed by atoms with van der Waals surface area (Å²) in [4.78, 5) is 21.6. The second kappa shape index (κ2) is 16.5. The van der Waals surface area contributed by atoms with Gasteiger partial charge in [-0.15, -0.1) is 0 Å². The minimum atomic E-state index is -4.64. The fraction of sp³-hybridized carbons (Fsp3) is 1.00. The van der Waals surface area contributed by atoms with Crippen molar-refractivity contribution in [2.75, 3.05) is 40.9 Å². The molecule has 0 heterocycles. The maximum atomic E-state index is 8.88. The maximum Gasteiger partial charge on any atom is 0.466 e. The van der Waals surface area contributed by atoms with Gasteiger partial charge in [-0.2, -0.15) is 0 Å². The molecule has 0 bridgehead atoms. The summed E-state index contributed by atoms with van der Waals surface area (Å²) in [6.07, 6.45) is 14.0. The van der Waals surface area contributed by atoms with Crippen molar-refractivity contribution in [3.63, 3.8) is 0 Å². The van der Waals surface area contributed by atoms with E-state index in [1.807, 2.05) is 0 Å². The van der Waals surface area contributed by atoms with Gasteiger partial charge in [-0.1, -0.05) is 64.7 Å². The van der Waals surface area contributed by atoms with E-state index < -0.39 is 7.82 Å². The molecule has 0 radical (unpaired) electrons. The molecule has 24 heavy (non-hydrogen) atoms. The Bertz CT molecular complexity index is 294. The standard InChI is InChI=1S/C17H38NO.H3O4P/c1-5-6-7-8-9-10-11-12-13-14-16-19-17-15-18(2,3)4;1-5(2,3)4/h5-17H2,1-4H3;(H3,1,2,3,4)/q+1;. The smallest absolute Gasteiger partial charge is 0.376 e. The van der Waals surface area contributed by atoms with Gasteiger partial charge in [0.05, 0.1) is 27.7 Å². The van der Waals surface area contributed by atoms with Crippen molar-refractivity contribution in [3.8, 4) is 0 Å². The quantitative estimate of drug-likeness (QED) is 0.247. The summed E-state index contributed by atoms with van der Waals surface area (Å²) >= 11 is 0. The van der Waals surface area contributed by atoms with Gasteiger partial charge in [0.15, 0.2) is 0 Å². The van der Waals surface area contributed by atoms with Crippen molar-refractivity contribution in [3.05, 3.63) is 0 Å². The van der Waals surface area contributed by atoms with Crippen LogP contribution >= 0.6 is 7.82 Å². The van der Waals surface area contributed by atoms with Crippen LogP contribution in [0.2, 0.25) is 0 Å². The molecular formula is C17H41NO5P+. The molecule has 7 heteroatoms. The third-order valence-electron chi connectivity index (χ3n) is 3.55. The monoisotopic (exact) mass is 370 g/mol. The molecule has 0 aromatic rings. The van der Waals surface area contributed by atoms with E-state index in [0.717, 1.165) is 24.2 Å². The first-order chi connectivity index (χ1) is 11.1. The van der Waals surface area contributed by atoms with Crippen LogP contribution in [-0.2, 0) is 9.30 Å². The predicted molar refractivity (Wildman–Crippen MR) is 99.8 cm³/mol. The number of hydrogen-bond acceptors (Lipinski definition) is 2. The molecule has 3 N–H and O–H groups in total. The highest BCUT2D eigenvalue weighted by molar-refractivity contribution is 7.45. The highest BCUT2D eigenvalue weighted by atomic mass is 31.2. The van der Waals surface area contributed by atoms with Crippen molar-refractivity contribution >= 4 is 7.82 Å². The second-order valence-electron chi connectivity index (χ2n) is 7.32. The molecule has 0 saturated carbocycles. The zero-order valence-electron chi connectivity index (χ0n) is 16.2. The van der Waals surface area contributed by atoms with Crippen molar-refractivity contribution in [2.24, 2.45) is 0 Å². The number of rotatable bonds is 14. The molecular weight excluding hydrogens is 329 g/mol. The largest absolute Gasteiger partial charge is 0.466 e. The van der Waals surface area contributed by atoms with Gasteiger partial charge >= 0.3 is 7.82 Å². The lowest BCUT2D eigenvalue weighted by Gasteiger charge is -2.23. The van der Waals surface area contributed by atoms with Crippen LogP contribution in [0.15, 0.2) is 0 Å². The van der Waals surface area contributed by atoms with Crippen molar-refractivity contribution in [1.29, 1.82) is 0 Å². The van der Waals surface area contributed by atoms with E-state index in [-0.39, 0.29) is 0 Å². The lowest BCUT2D eigenvalue weighted by molar-refractivity contribution is -0.870. The fourth-order valence-corrected chi connectivity index (χ4v) is 2.13. The third-order valence-corrected chi connectivity index (χ3v) is 3.55. The Labute approximate surface area is 149 Å². The highest BCUT2D eigenvalue weighted by Crippen LogP contribution is 2.25. The van der Waals surface area contributed by atoms with Gasteiger partial charge in [-0.25, -0.2) is 4.57 Å². The minimum Gasteiger partial charge on any atom is -0.376 e. The molecule has 6 nitrogen and oxygen atoms in total. The van der Waals surface area contributed by atoms with E-state index in [9.17, 15) is 0 Å². The van der Waals surface area contributed by atoms with Crippen molar-refractivity contribution < 1.29 is 28.5 Å². The van der Waals surface area contributed by atoms with E-state index >= 15 is 0 Å². The molecule has 0 aromatic heterocycles. The Balaban J connectivity index is 0. The third kappa shape index (κ3) is 37.9. The molecule has 0 saturated heterocycles. The molecule has 0 amide bonds. The predicted octanol–water partition coefficient (Wildman–Crippen LogP) is 3.70. The van der Waals surface area contributed by atoms with Gasteiger partial charge in [-0.3, -0.25) is 0 Å². The van der Waals surface area contributed by atoms with Gasteiger partial charge in [0.25, 0.3) is 0 Å². The Kier molecular flexibility index (Phi) is 18.0. The summed E-state index contributed by atoms with van der Waals surface area (Å²) in [5.41, 5.74) is 0. The second-order valence-corrected chi connectivity index (χ2v) is 8.35. The number of unbranched alkanes of at least 4 members (excludes halogenated alkanes) is 9. The zero-order valence-corrected chi connectivity index (χ0v) is 17.1. The van der Waals surface area contributed by atoms with Crippen LogP contribution in [-0.4, -0.2) is 60.1 Å². The molecule has 0 atom stereocenters. The Hall–Kier alpha value is 0.0300. The number of ether oxygens (including phenoxy) is 1. The van der Waals surface area contributed by atoms with Crippen molar-refractivity contribution in [1.82, 2.24) is 0 Å². The summed E-state index contributed by atoms with van der Waals surface area (Å²) in [6, 6.07) is 0. The Morgan fingerprint density at radius 3 is 1.50 bits per heavy atom. The summed E-state index contributed by atoms with van der Waals surface area (Å²) in [5.74, 6) is 0. The van der Waals surface area contributed by atoms with Crippen LogP contribution < -0.4 is 0 Å². The van der Waals surface area contributed by atoms with Crippen LogP contribution in [0.5, 0.6) is 0 Å². The average molecular weight is 370 g/mol. The zero-order chi connectivity index (χ0) is 18.9. The topological polar surface area (TPSA) is 87.0 Å². The lowest BCUT2D eigenvalue weighted by Crippen LogP contribution is -2.37. The molecule has 0 aromatic carbocycles. The average Bonchev–Trinajstić information content (AvgIpc) is 2.41. The van der Waals surface area contributed by atoms with Gasteiger partial charge in [-0.05, 0) is 6.42 Å². The first kappa shape index (κ1) is 26.3. The summed E-state index contributed by atoms with van der Waals surface area (Å²) in [6.45, 7) is 5.25. The van der Waals surface area contributed by atoms with Gasteiger partial charge in [0.1, 0.15) is 6.54 Å². The Morgan fingerprint density at radius 1 is 0.750 bits per heavy atom. The van der Waals surface area contributed by atoms with Crippen LogP contribution in [0.4, 0.5) is 0 Å². The van der Waals surface area contributed by atoms with Gasteiger partial charge in [0, 0.05) is 6.61 Å². The first-order valence-electron chi connectivity index (χ1n) is 9.22. The minimum absolute atomic E-state index is 0.904. The van der Waals surface area contributed by atoms with Crippen LogP contribution in [0.1, 0.15) is 71.1 Å². The highest BCUT2D eigenvalue weighted by Gasteiger charge is 2.05. The van der Waals surface area contributed by atoms with E-state index in [1.54, 1.807) is 0 Å². The number of nitrogens with zero attached hydrogens (tertiary/aromatic N) is 1. The van der Waals surface area contributed by atoms with Crippen LogP contribution in [0, 0.1) is 0 Å². The van der Waals surface area contributed by atoms with Crippen LogP contribution in [0.3, 0.4) is 0 Å². The van der Waals surface area contributed by atoms with E-state index in [4.69, 9.17) is 24.0 Å². The molecule has 0 fully saturated rings. The fourth-order valence-electron chi connectivity index (χ4n) is 2.13. The molecule has 0 aliphatic carbocycles. The first-order valence-corrected chi connectivity index (χ1v) is 10.8. The normalized spacial score (nSPS) is 12.0.